The largest absolute Gasteiger partial charge is 0.381 e. The Morgan fingerprint density at radius 3 is 2.54 bits per heavy atom. The Balaban J connectivity index is 0.00000338. The van der Waals surface area contributed by atoms with Gasteiger partial charge in [-0.25, -0.2) is 0 Å². The Labute approximate surface area is 174 Å². The summed E-state index contributed by atoms with van der Waals surface area (Å²) < 4.78 is 11.1. The lowest BCUT2D eigenvalue weighted by Crippen LogP contribution is -2.55. The van der Waals surface area contributed by atoms with Crippen molar-refractivity contribution >= 4 is 35.8 Å². The van der Waals surface area contributed by atoms with Gasteiger partial charge in [0.05, 0.1) is 0 Å². The van der Waals surface area contributed by atoms with E-state index in [0.29, 0.717) is 12.5 Å². The van der Waals surface area contributed by atoms with Crippen molar-refractivity contribution in [2.45, 2.75) is 39.2 Å². The molecule has 1 N–H and O–H groups in total. The van der Waals surface area contributed by atoms with E-state index in [-0.39, 0.29) is 36.0 Å². The second-order valence-electron chi connectivity index (χ2n) is 7.11. The summed E-state index contributed by atoms with van der Waals surface area (Å²) in [7, 11) is 1.81. The third-order valence-electron chi connectivity index (χ3n) is 4.51. The first-order valence-corrected chi connectivity index (χ1v) is 9.55. The van der Waals surface area contributed by atoms with Crippen molar-refractivity contribution in [2.24, 2.45) is 10.9 Å². The standard InChI is InChI=1S/C18H34N4O3.HI/c1-15(2)14-24-12-5-7-20-18(19-3)22-10-8-21(9-11-22)17(23)16-6-4-13-25-16;/h15-16H,4-14H2,1-3H3,(H,19,20);1H. The van der Waals surface area contributed by atoms with Crippen molar-refractivity contribution in [3.63, 3.8) is 0 Å². The van der Waals surface area contributed by atoms with Gasteiger partial charge in [-0.3, -0.25) is 9.79 Å². The van der Waals surface area contributed by atoms with Gasteiger partial charge in [0, 0.05) is 59.6 Å². The molecule has 8 heteroatoms. The molecule has 0 aromatic heterocycles. The minimum atomic E-state index is -0.213. The van der Waals surface area contributed by atoms with Crippen LogP contribution in [0.4, 0.5) is 0 Å². The van der Waals surface area contributed by atoms with E-state index in [1.165, 1.54) is 0 Å². The van der Waals surface area contributed by atoms with Crippen LogP contribution >= 0.6 is 24.0 Å². The van der Waals surface area contributed by atoms with Crippen LogP contribution in [-0.4, -0.2) is 87.4 Å². The number of nitrogens with zero attached hydrogens (tertiary/aromatic N) is 3. The van der Waals surface area contributed by atoms with E-state index < -0.39 is 0 Å². The van der Waals surface area contributed by atoms with E-state index in [9.17, 15) is 4.79 Å². The normalized spacial score (nSPS) is 21.1. The third-order valence-corrected chi connectivity index (χ3v) is 4.51. The first-order chi connectivity index (χ1) is 12.1. The number of carbonyl (C=O) groups excluding carboxylic acids is 1. The number of hydrogen-bond acceptors (Lipinski definition) is 4. The fourth-order valence-electron chi connectivity index (χ4n) is 3.14. The summed E-state index contributed by atoms with van der Waals surface area (Å²) in [5, 5.41) is 3.39. The summed E-state index contributed by atoms with van der Waals surface area (Å²) in [6, 6.07) is 0. The molecule has 2 fully saturated rings. The maximum absolute atomic E-state index is 12.4. The number of halogens is 1. The zero-order valence-electron chi connectivity index (χ0n) is 16.4. The molecule has 2 heterocycles. The van der Waals surface area contributed by atoms with E-state index in [1.54, 1.807) is 0 Å². The Kier molecular flexibility index (Phi) is 11.5. The lowest BCUT2D eigenvalue weighted by Gasteiger charge is -2.37. The second kappa shape index (κ2) is 12.7. The molecule has 0 radical (unpaired) electrons. The van der Waals surface area contributed by atoms with Gasteiger partial charge in [0.1, 0.15) is 6.10 Å². The van der Waals surface area contributed by atoms with E-state index in [4.69, 9.17) is 9.47 Å². The lowest BCUT2D eigenvalue weighted by molar-refractivity contribution is -0.142. The molecule has 2 aliphatic heterocycles. The molecule has 0 aromatic carbocycles. The number of piperazine rings is 1. The zero-order chi connectivity index (χ0) is 18.1. The van der Waals surface area contributed by atoms with Crippen LogP contribution in [0, 0.1) is 5.92 Å². The van der Waals surface area contributed by atoms with Crippen molar-refractivity contribution in [3.05, 3.63) is 0 Å². The van der Waals surface area contributed by atoms with Crippen molar-refractivity contribution < 1.29 is 14.3 Å². The second-order valence-corrected chi connectivity index (χ2v) is 7.11. The van der Waals surface area contributed by atoms with Gasteiger partial charge >= 0.3 is 0 Å². The highest BCUT2D eigenvalue weighted by atomic mass is 127. The minimum absolute atomic E-state index is 0. The van der Waals surface area contributed by atoms with Crippen molar-refractivity contribution in [1.29, 1.82) is 0 Å². The average Bonchev–Trinajstić information content (AvgIpc) is 3.15. The maximum Gasteiger partial charge on any atom is 0.251 e. The van der Waals surface area contributed by atoms with Gasteiger partial charge in [-0.2, -0.15) is 0 Å². The van der Waals surface area contributed by atoms with Gasteiger partial charge in [0.25, 0.3) is 5.91 Å². The summed E-state index contributed by atoms with van der Waals surface area (Å²) in [5.41, 5.74) is 0. The topological polar surface area (TPSA) is 66.4 Å². The summed E-state index contributed by atoms with van der Waals surface area (Å²) in [5.74, 6) is 1.64. The smallest absolute Gasteiger partial charge is 0.251 e. The van der Waals surface area contributed by atoms with Gasteiger partial charge < -0.3 is 24.6 Å². The van der Waals surface area contributed by atoms with Gasteiger partial charge in [0.15, 0.2) is 5.96 Å². The van der Waals surface area contributed by atoms with Crippen LogP contribution < -0.4 is 5.32 Å². The number of nitrogens with one attached hydrogen (secondary N) is 1. The Morgan fingerprint density at radius 2 is 1.96 bits per heavy atom. The average molecular weight is 482 g/mol. The number of guanidine groups is 1. The Morgan fingerprint density at radius 1 is 1.27 bits per heavy atom. The summed E-state index contributed by atoms with van der Waals surface area (Å²) >= 11 is 0. The van der Waals surface area contributed by atoms with Gasteiger partial charge in [-0.1, -0.05) is 13.8 Å². The van der Waals surface area contributed by atoms with Crippen LogP contribution in [0.3, 0.4) is 0 Å². The zero-order valence-corrected chi connectivity index (χ0v) is 18.7. The molecular formula is C18H35IN4O3. The lowest BCUT2D eigenvalue weighted by atomic mass is 10.2. The first kappa shape index (κ1) is 23.4. The molecule has 0 bridgehead atoms. The maximum atomic E-state index is 12.4. The van der Waals surface area contributed by atoms with E-state index in [0.717, 1.165) is 71.2 Å². The van der Waals surface area contributed by atoms with Gasteiger partial charge in [-0.15, -0.1) is 24.0 Å². The van der Waals surface area contributed by atoms with Crippen LogP contribution in [-0.2, 0) is 14.3 Å². The predicted molar refractivity (Wildman–Crippen MR) is 114 cm³/mol. The molecule has 7 nitrogen and oxygen atoms in total. The molecule has 152 valence electrons. The summed E-state index contributed by atoms with van der Waals surface area (Å²) in [4.78, 5) is 20.9. The number of amides is 1. The molecule has 1 amide bonds. The quantitative estimate of drug-likeness (QED) is 0.258. The van der Waals surface area contributed by atoms with Gasteiger partial charge in [-0.05, 0) is 25.2 Å². The number of carbonyl (C=O) groups is 1. The molecule has 26 heavy (non-hydrogen) atoms. The predicted octanol–water partition coefficient (Wildman–Crippen LogP) is 1.57. The Bertz CT molecular complexity index is 434. The van der Waals surface area contributed by atoms with E-state index >= 15 is 0 Å². The van der Waals surface area contributed by atoms with Crippen LogP contribution in [0.15, 0.2) is 4.99 Å². The number of aliphatic imine (C=N–C) groups is 1. The highest BCUT2D eigenvalue weighted by Crippen LogP contribution is 2.16. The fraction of sp³-hybridized carbons (Fsp3) is 0.889. The molecule has 0 aromatic rings. The molecule has 0 saturated carbocycles. The molecular weight excluding hydrogens is 447 g/mol. The minimum Gasteiger partial charge on any atom is -0.381 e. The SMILES string of the molecule is CN=C(NCCCOCC(C)C)N1CCN(C(=O)C2CCCO2)CC1.I. The molecule has 1 unspecified atom stereocenters. The van der Waals surface area contributed by atoms with Crippen LogP contribution in [0.1, 0.15) is 33.1 Å². The summed E-state index contributed by atoms with van der Waals surface area (Å²) in [6.07, 6.45) is 2.60. The molecule has 0 spiro atoms. The molecule has 0 aliphatic carbocycles. The van der Waals surface area contributed by atoms with E-state index in [1.807, 2.05) is 11.9 Å². The fourth-order valence-corrected chi connectivity index (χ4v) is 3.14. The van der Waals surface area contributed by atoms with Crippen molar-refractivity contribution in [3.8, 4) is 0 Å². The van der Waals surface area contributed by atoms with Crippen LogP contribution in [0.25, 0.3) is 0 Å². The molecule has 2 aliphatic rings. The molecule has 2 saturated heterocycles. The third kappa shape index (κ3) is 7.56. The number of rotatable bonds is 7. The van der Waals surface area contributed by atoms with Crippen LogP contribution in [0.2, 0.25) is 0 Å². The highest BCUT2D eigenvalue weighted by molar-refractivity contribution is 14.0. The van der Waals surface area contributed by atoms with Crippen molar-refractivity contribution in [2.75, 3.05) is 59.6 Å². The number of hydrogen-bond donors (Lipinski definition) is 1. The molecule has 2 rings (SSSR count). The Hall–Kier alpha value is -0.610. The highest BCUT2D eigenvalue weighted by Gasteiger charge is 2.30. The number of ether oxygens (including phenoxy) is 2. The van der Waals surface area contributed by atoms with Crippen molar-refractivity contribution in [1.82, 2.24) is 15.1 Å². The van der Waals surface area contributed by atoms with Crippen LogP contribution in [0.5, 0.6) is 0 Å². The summed E-state index contributed by atoms with van der Waals surface area (Å²) in [6.45, 7) is 10.5. The molecule has 1 atom stereocenters. The first-order valence-electron chi connectivity index (χ1n) is 9.55. The van der Waals surface area contributed by atoms with E-state index in [2.05, 4.69) is 29.1 Å². The monoisotopic (exact) mass is 482 g/mol. The van der Waals surface area contributed by atoms with Gasteiger partial charge in [0.2, 0.25) is 0 Å².